The monoisotopic (exact) mass is 737 g/mol. The van der Waals surface area contributed by atoms with Crippen LogP contribution in [-0.2, 0) is 14.6 Å². The summed E-state index contributed by atoms with van der Waals surface area (Å²) >= 11 is 0. The number of sulfone groups is 1. The Balaban J connectivity index is 1.13. The minimum Gasteiger partial charge on any atom is -0.481 e. The molecular formula is C45H72N2O4S. The molecule has 10 atom stereocenters. The molecule has 0 amide bonds. The molecule has 0 bridgehead atoms. The largest absolute Gasteiger partial charge is 0.481 e. The highest BCUT2D eigenvalue weighted by Gasteiger charge is 2.74. The maximum absolute atomic E-state index is 12.2. The van der Waals surface area contributed by atoms with Crippen LogP contribution in [0, 0.1) is 56.7 Å². The van der Waals surface area contributed by atoms with E-state index >= 15 is 0 Å². The maximum atomic E-state index is 12.2. The van der Waals surface area contributed by atoms with Crippen molar-refractivity contribution >= 4 is 15.8 Å². The molecule has 7 aliphatic rings. The molecule has 52 heavy (non-hydrogen) atoms. The number of rotatable bonds is 8. The van der Waals surface area contributed by atoms with Gasteiger partial charge in [-0.1, -0.05) is 65.8 Å². The fourth-order valence-electron chi connectivity index (χ4n) is 15.5. The van der Waals surface area contributed by atoms with Gasteiger partial charge in [-0.3, -0.25) is 4.79 Å². The van der Waals surface area contributed by atoms with Gasteiger partial charge in [0.2, 0.25) is 0 Å². The number of carbonyl (C=O) groups is 1. The number of carboxylic acid groups (broad SMARTS) is 1. The molecule has 1 aliphatic heterocycles. The fourth-order valence-corrected chi connectivity index (χ4v) is 16.6. The Kier molecular flexibility index (Phi) is 9.76. The highest BCUT2D eigenvalue weighted by molar-refractivity contribution is 7.91. The van der Waals surface area contributed by atoms with Crippen LogP contribution in [0.5, 0.6) is 0 Å². The smallest absolute Gasteiger partial charge is 0.306 e. The van der Waals surface area contributed by atoms with Crippen molar-refractivity contribution in [1.29, 1.82) is 0 Å². The lowest BCUT2D eigenvalue weighted by molar-refractivity contribution is -0.257. The van der Waals surface area contributed by atoms with Crippen LogP contribution in [-0.4, -0.2) is 67.6 Å². The summed E-state index contributed by atoms with van der Waals surface area (Å²) in [5, 5.41) is 13.8. The Labute approximate surface area is 317 Å². The van der Waals surface area contributed by atoms with Gasteiger partial charge in [-0.25, -0.2) is 8.42 Å². The van der Waals surface area contributed by atoms with Gasteiger partial charge in [-0.15, -0.1) is 0 Å². The molecule has 2 N–H and O–H groups in total. The van der Waals surface area contributed by atoms with Gasteiger partial charge in [-0.2, -0.15) is 0 Å². The summed E-state index contributed by atoms with van der Waals surface area (Å²) in [5.74, 6) is 1.58. The first kappa shape index (κ1) is 38.8. The van der Waals surface area contributed by atoms with Crippen molar-refractivity contribution in [2.24, 2.45) is 56.7 Å². The number of hydrogen-bond acceptors (Lipinski definition) is 5. The van der Waals surface area contributed by atoms with Crippen molar-refractivity contribution in [2.45, 2.75) is 149 Å². The van der Waals surface area contributed by atoms with Crippen LogP contribution in [0.15, 0.2) is 35.5 Å². The summed E-state index contributed by atoms with van der Waals surface area (Å²) < 4.78 is 24.3. The highest BCUT2D eigenvalue weighted by atomic mass is 32.2. The maximum Gasteiger partial charge on any atom is 0.306 e. The molecule has 0 aromatic carbocycles. The average molecular weight is 737 g/mol. The first-order chi connectivity index (χ1) is 24.2. The zero-order chi connectivity index (χ0) is 37.7. The number of likely N-dealkylation sites (tertiary alicyclic amines) is 1. The molecule has 7 rings (SSSR count). The second-order valence-electron chi connectivity index (χ2n) is 20.9. The van der Waals surface area contributed by atoms with Crippen molar-refractivity contribution in [3.63, 3.8) is 0 Å². The molecule has 1 heterocycles. The summed E-state index contributed by atoms with van der Waals surface area (Å²) in [4.78, 5) is 14.2. The minimum absolute atomic E-state index is 0.0834. The number of carboxylic acids is 1. The lowest BCUT2D eigenvalue weighted by Gasteiger charge is -2.76. The Bertz CT molecular complexity index is 1620. The SMILES string of the molecule is C=C(C)[C@@H]1CC[C@]2(NCCN3CCC(S(C)(=O)=O)CC3)CC[C@@]3(C)[C@]4(C)CC[C@H]5C(C)(C)C(C6=CC[C@@H](C(=O)O)CC6)=CC[C@]5(C)[C@H]4CC[C@]3(C)[C@@H]12. The van der Waals surface area contributed by atoms with E-state index < -0.39 is 15.8 Å². The third-order valence-electron chi connectivity index (χ3n) is 18.5. The number of hydrogen-bond donors (Lipinski definition) is 2. The normalized spacial score (nSPS) is 45.1. The summed E-state index contributed by atoms with van der Waals surface area (Å²) in [6, 6.07) is 0. The molecule has 0 radical (unpaired) electrons. The molecule has 5 fully saturated rings. The van der Waals surface area contributed by atoms with Crippen molar-refractivity contribution in [3.05, 3.63) is 35.5 Å². The van der Waals surface area contributed by atoms with E-state index in [9.17, 15) is 18.3 Å². The van der Waals surface area contributed by atoms with E-state index in [1.165, 1.54) is 74.3 Å². The van der Waals surface area contributed by atoms with Crippen molar-refractivity contribution in [1.82, 2.24) is 10.2 Å². The second-order valence-corrected chi connectivity index (χ2v) is 23.2. The zero-order valence-corrected chi connectivity index (χ0v) is 34.9. The van der Waals surface area contributed by atoms with Crippen LogP contribution in [0.3, 0.4) is 0 Å². The molecule has 0 spiro atoms. The van der Waals surface area contributed by atoms with Crippen LogP contribution >= 0.6 is 0 Å². The number of piperidine rings is 1. The van der Waals surface area contributed by atoms with Gasteiger partial charge in [0.25, 0.3) is 0 Å². The third kappa shape index (κ3) is 5.72. The number of fused-ring (bicyclic) bond motifs is 7. The molecule has 6 aliphatic carbocycles. The van der Waals surface area contributed by atoms with Gasteiger partial charge < -0.3 is 15.3 Å². The van der Waals surface area contributed by atoms with Crippen LogP contribution in [0.1, 0.15) is 138 Å². The Morgan fingerprint density at radius 3 is 2.19 bits per heavy atom. The molecule has 292 valence electrons. The molecule has 0 unspecified atom stereocenters. The molecule has 7 heteroatoms. The molecule has 6 nitrogen and oxygen atoms in total. The molecule has 0 aromatic rings. The van der Waals surface area contributed by atoms with Gasteiger partial charge in [0, 0.05) is 24.9 Å². The number of aliphatic carboxylic acids is 1. The van der Waals surface area contributed by atoms with Crippen molar-refractivity contribution in [3.8, 4) is 0 Å². The zero-order valence-electron chi connectivity index (χ0n) is 34.1. The van der Waals surface area contributed by atoms with Crippen LogP contribution in [0.25, 0.3) is 0 Å². The Hall–Kier alpha value is -1.44. The first-order valence-electron chi connectivity index (χ1n) is 21.2. The average Bonchev–Trinajstić information content (AvgIpc) is 3.47. The standard InChI is InChI=1S/C45H72N2O4S/c1-30(2)34-14-23-45(46-26-29-47-27-18-33(19-28-47)52(9,50)51)25-24-44(8)42(6)21-16-36-40(3,4)35(31-10-12-32(13-11-31)39(48)49)15-20-41(36,5)37(42)17-22-43(44,7)38(34)45/h10,15,32-34,36-38,46H,1,11-14,16-29H2,2-9H3,(H,48,49)/t32-,34+,36+,37-,38-,41+,42-,43-,44+,45+/m1/s1. The first-order valence-corrected chi connectivity index (χ1v) is 23.1. The quantitative estimate of drug-likeness (QED) is 0.242. The predicted octanol–water partition coefficient (Wildman–Crippen LogP) is 9.23. The predicted molar refractivity (Wildman–Crippen MR) is 213 cm³/mol. The Morgan fingerprint density at radius 2 is 1.58 bits per heavy atom. The van der Waals surface area contributed by atoms with E-state index in [0.29, 0.717) is 30.1 Å². The second kappa shape index (κ2) is 13.1. The van der Waals surface area contributed by atoms with Gasteiger partial charge in [0.1, 0.15) is 9.84 Å². The molecular weight excluding hydrogens is 665 g/mol. The number of nitrogens with zero attached hydrogens (tertiary/aromatic N) is 1. The van der Waals surface area contributed by atoms with Gasteiger partial charge in [-0.05, 0) is 172 Å². The Morgan fingerprint density at radius 1 is 0.904 bits per heavy atom. The highest BCUT2D eigenvalue weighted by Crippen LogP contribution is 2.80. The van der Waals surface area contributed by atoms with Gasteiger partial charge in [0.05, 0.1) is 11.2 Å². The molecule has 0 aromatic heterocycles. The summed E-state index contributed by atoms with van der Waals surface area (Å²) in [5.41, 5.74) is 5.55. The van der Waals surface area contributed by atoms with Crippen molar-refractivity contribution < 1.29 is 18.3 Å². The lowest BCUT2D eigenvalue weighted by atomic mass is 9.29. The fraction of sp³-hybridized carbons (Fsp3) is 0.844. The van der Waals surface area contributed by atoms with E-state index in [0.717, 1.165) is 58.3 Å². The van der Waals surface area contributed by atoms with E-state index in [-0.39, 0.29) is 43.8 Å². The van der Waals surface area contributed by atoms with Crippen LogP contribution in [0.2, 0.25) is 0 Å². The van der Waals surface area contributed by atoms with Gasteiger partial charge in [0.15, 0.2) is 0 Å². The van der Waals surface area contributed by atoms with E-state index in [1.807, 2.05) is 0 Å². The topological polar surface area (TPSA) is 86.7 Å². The van der Waals surface area contributed by atoms with Crippen LogP contribution < -0.4 is 5.32 Å². The lowest BCUT2D eigenvalue weighted by Crippen LogP contribution is -2.71. The molecule has 4 saturated carbocycles. The number of nitrogens with one attached hydrogen (secondary N) is 1. The summed E-state index contributed by atoms with van der Waals surface area (Å²) in [6.45, 7) is 26.6. The van der Waals surface area contributed by atoms with E-state index in [2.05, 4.69) is 77.4 Å². The summed E-state index contributed by atoms with van der Waals surface area (Å²) in [6.07, 6.45) is 21.5. The van der Waals surface area contributed by atoms with Crippen molar-refractivity contribution in [2.75, 3.05) is 32.4 Å². The van der Waals surface area contributed by atoms with E-state index in [1.54, 1.807) is 0 Å². The third-order valence-corrected chi connectivity index (χ3v) is 20.2. The number of allylic oxidation sites excluding steroid dienone is 5. The molecule has 1 saturated heterocycles. The summed E-state index contributed by atoms with van der Waals surface area (Å²) in [7, 11) is -2.95. The van der Waals surface area contributed by atoms with E-state index in [4.69, 9.17) is 0 Å². The van der Waals surface area contributed by atoms with Crippen LogP contribution in [0.4, 0.5) is 0 Å². The van der Waals surface area contributed by atoms with Gasteiger partial charge >= 0.3 is 5.97 Å². The minimum atomic E-state index is -2.95.